The van der Waals surface area contributed by atoms with Crippen molar-refractivity contribution in [3.05, 3.63) is 235 Å². The first-order valence-corrected chi connectivity index (χ1v) is 23.0. The lowest BCUT2D eigenvalue weighted by Gasteiger charge is -2.49. The van der Waals surface area contributed by atoms with E-state index in [0.29, 0.717) is 0 Å². The van der Waals surface area contributed by atoms with Gasteiger partial charge in [-0.15, -0.1) is 0 Å². The van der Waals surface area contributed by atoms with Gasteiger partial charge in [-0.25, -0.2) is 0 Å². The summed E-state index contributed by atoms with van der Waals surface area (Å²) in [4.78, 5) is 5.17. The van der Waals surface area contributed by atoms with Gasteiger partial charge in [0.1, 0.15) is 0 Å². The highest BCUT2D eigenvalue weighted by Crippen LogP contribution is 2.63. The van der Waals surface area contributed by atoms with Crippen molar-refractivity contribution in [2.24, 2.45) is 0 Å². The van der Waals surface area contributed by atoms with Gasteiger partial charge in [0.15, 0.2) is 8.07 Å². The maximum atomic E-state index is 2.58. The summed E-state index contributed by atoms with van der Waals surface area (Å²) in [6.07, 6.45) is 0. The summed E-state index contributed by atoms with van der Waals surface area (Å²) < 4.78 is 0. The monoisotopic (exact) mass is 769 g/mol. The quantitative estimate of drug-likeness (QED) is 0.161. The zero-order valence-corrected chi connectivity index (χ0v) is 33.4. The first kappa shape index (κ1) is 32.4. The van der Waals surface area contributed by atoms with Gasteiger partial charge in [0, 0.05) is 15.4 Å². The molecule has 58 heavy (non-hydrogen) atoms. The molecule has 0 radical (unpaired) electrons. The van der Waals surface area contributed by atoms with Crippen molar-refractivity contribution in [2.75, 3.05) is 4.90 Å². The van der Waals surface area contributed by atoms with E-state index in [1.54, 1.807) is 0 Å². The predicted molar refractivity (Wildman–Crippen MR) is 244 cm³/mol. The molecule has 270 valence electrons. The Morgan fingerprint density at radius 1 is 0.328 bits per heavy atom. The molecule has 3 heteroatoms. The van der Waals surface area contributed by atoms with Crippen molar-refractivity contribution in [2.45, 2.75) is 15.2 Å². The first-order chi connectivity index (χ1) is 28.8. The van der Waals surface area contributed by atoms with Crippen molar-refractivity contribution in [1.82, 2.24) is 0 Å². The summed E-state index contributed by atoms with van der Waals surface area (Å²) in [5.41, 5.74) is 16.4. The maximum absolute atomic E-state index is 2.60. The number of anilines is 3. The summed E-state index contributed by atoms with van der Waals surface area (Å²) in [6, 6.07) is 80.5. The molecule has 0 bridgehead atoms. The Balaban J connectivity index is 1.07. The number of hydrogen-bond donors (Lipinski definition) is 0. The van der Waals surface area contributed by atoms with Gasteiger partial charge in [-0.3, -0.25) is 0 Å². The van der Waals surface area contributed by atoms with Gasteiger partial charge < -0.3 is 4.90 Å². The third-order valence-electron chi connectivity index (χ3n) is 13.4. The van der Waals surface area contributed by atoms with E-state index in [1.165, 1.54) is 103 Å². The average molecular weight is 770 g/mol. The molecule has 0 saturated carbocycles. The van der Waals surface area contributed by atoms with Crippen LogP contribution in [-0.4, -0.2) is 8.07 Å². The number of hydrogen-bond acceptors (Lipinski definition) is 2. The summed E-state index contributed by atoms with van der Waals surface area (Å²) in [6.45, 7) is 0. The second-order valence-electron chi connectivity index (χ2n) is 15.9. The second kappa shape index (κ2) is 11.9. The van der Waals surface area contributed by atoms with E-state index >= 15 is 0 Å². The molecular formula is C55H35NSSi. The van der Waals surface area contributed by atoms with Crippen LogP contribution >= 0.6 is 11.8 Å². The van der Waals surface area contributed by atoms with Crippen LogP contribution in [0, 0.1) is 0 Å². The highest BCUT2D eigenvalue weighted by atomic mass is 32.2. The summed E-state index contributed by atoms with van der Waals surface area (Å²) in [7, 11) is -2.60. The Bertz CT molecular complexity index is 3040. The molecule has 0 amide bonds. The largest absolute Gasteiger partial charge is 0.309 e. The number of rotatable bonds is 2. The fraction of sp³-hybridized carbons (Fsp3) is 0.0182. The molecule has 0 aliphatic carbocycles. The van der Waals surface area contributed by atoms with E-state index in [4.69, 9.17) is 0 Å². The maximum Gasteiger partial charge on any atom is 0.182 e. The summed E-state index contributed by atoms with van der Waals surface area (Å²) >= 11 is 1.89. The Morgan fingerprint density at radius 3 is 1.26 bits per heavy atom. The zero-order chi connectivity index (χ0) is 38.0. The van der Waals surface area contributed by atoms with Crippen LogP contribution in [0.2, 0.25) is 0 Å². The Morgan fingerprint density at radius 2 is 0.724 bits per heavy atom. The molecule has 9 aromatic carbocycles. The normalized spacial score (nSPS) is 15.1. The summed E-state index contributed by atoms with van der Waals surface area (Å²) in [5, 5.41) is 6.00. The van der Waals surface area contributed by atoms with Crippen molar-refractivity contribution in [3.8, 4) is 33.4 Å². The van der Waals surface area contributed by atoms with E-state index in [9.17, 15) is 0 Å². The van der Waals surface area contributed by atoms with E-state index in [2.05, 4.69) is 217 Å². The third-order valence-corrected chi connectivity index (χ3v) is 19.5. The highest BCUT2D eigenvalue weighted by molar-refractivity contribution is 7.99. The first-order valence-electron chi connectivity index (χ1n) is 20.2. The molecular weight excluding hydrogens is 735 g/mol. The van der Waals surface area contributed by atoms with Crippen LogP contribution in [0.4, 0.5) is 17.1 Å². The minimum absolute atomic E-state index is 0.475. The number of nitrogens with zero attached hydrogens (tertiary/aromatic N) is 1. The Hall–Kier alpha value is -6.65. The molecule has 0 aromatic heterocycles. The van der Waals surface area contributed by atoms with Gasteiger partial charge in [-0.2, -0.15) is 0 Å². The fourth-order valence-corrected chi connectivity index (χ4v) is 18.1. The van der Waals surface area contributed by atoms with Crippen molar-refractivity contribution < 1.29 is 0 Å². The van der Waals surface area contributed by atoms with Gasteiger partial charge in [-0.1, -0.05) is 194 Å². The molecule has 4 aliphatic heterocycles. The number of fused-ring (bicyclic) bond motifs is 18. The Kier molecular flexibility index (Phi) is 6.68. The minimum atomic E-state index is -2.60. The van der Waals surface area contributed by atoms with Crippen LogP contribution in [0.1, 0.15) is 22.3 Å². The summed E-state index contributed by atoms with van der Waals surface area (Å²) in [5.74, 6) is 0. The van der Waals surface area contributed by atoms with Crippen LogP contribution in [0.25, 0.3) is 33.4 Å². The van der Waals surface area contributed by atoms with Crippen LogP contribution in [-0.2, 0) is 5.41 Å². The van der Waals surface area contributed by atoms with Gasteiger partial charge >= 0.3 is 0 Å². The van der Waals surface area contributed by atoms with Gasteiger partial charge in [-0.05, 0) is 101 Å². The third kappa shape index (κ3) is 3.97. The lowest BCUT2D eigenvalue weighted by Crippen LogP contribution is -2.70. The minimum Gasteiger partial charge on any atom is -0.309 e. The SMILES string of the molecule is c1ccc2c(c1)Sc1ccccc1C21c2ccccc2N(c2ccccc2-c2ccc3c(c2)[Si]2(c4ccccc4-c4ccccc42)c2ccccc2-3)c2ccccc21. The van der Waals surface area contributed by atoms with Crippen LogP contribution in [0.3, 0.4) is 0 Å². The van der Waals surface area contributed by atoms with Crippen LogP contribution < -0.4 is 25.6 Å². The topological polar surface area (TPSA) is 3.24 Å². The lowest BCUT2D eigenvalue weighted by molar-refractivity contribution is 0.692. The van der Waals surface area contributed by atoms with E-state index in [0.717, 1.165) is 0 Å². The second-order valence-corrected chi connectivity index (χ2v) is 20.6. The standard InChI is InChI=1S/C55H35NSSi/c1-9-25-46(56-47-26-10-5-21-42(47)55(43-22-6-11-27-48(43)56)44-23-7-12-28-49(44)57-50-29-13-8-24-45(50)55)37(17-1)36-33-34-41-40-20-4-16-32-53(40)58(54(41)35-36)51-30-14-2-18-38(51)39-19-3-15-31-52(39)58/h1-35H. The molecule has 0 N–H and O–H groups in total. The lowest BCUT2D eigenvalue weighted by atomic mass is 9.62. The molecule has 2 spiro atoms. The zero-order valence-electron chi connectivity index (χ0n) is 31.6. The number of benzene rings is 9. The van der Waals surface area contributed by atoms with Gasteiger partial charge in [0.2, 0.25) is 0 Å². The number of para-hydroxylation sites is 3. The van der Waals surface area contributed by atoms with Crippen molar-refractivity contribution in [3.63, 3.8) is 0 Å². The molecule has 0 saturated heterocycles. The average Bonchev–Trinajstić information content (AvgIpc) is 3.76. The van der Waals surface area contributed by atoms with Crippen LogP contribution in [0.15, 0.2) is 222 Å². The van der Waals surface area contributed by atoms with E-state index in [-0.39, 0.29) is 0 Å². The van der Waals surface area contributed by atoms with Crippen LogP contribution in [0.5, 0.6) is 0 Å². The van der Waals surface area contributed by atoms with Crippen molar-refractivity contribution in [1.29, 1.82) is 0 Å². The fourth-order valence-electron chi connectivity index (χ4n) is 11.3. The molecule has 4 aliphatic rings. The van der Waals surface area contributed by atoms with Gasteiger partial charge in [0.25, 0.3) is 0 Å². The molecule has 13 rings (SSSR count). The van der Waals surface area contributed by atoms with E-state index in [1.807, 2.05) is 11.8 Å². The smallest absolute Gasteiger partial charge is 0.182 e. The molecule has 0 unspecified atom stereocenters. The van der Waals surface area contributed by atoms with Crippen molar-refractivity contribution >= 4 is 57.6 Å². The molecule has 0 fully saturated rings. The highest BCUT2D eigenvalue weighted by Gasteiger charge is 2.54. The predicted octanol–water partition coefficient (Wildman–Crippen LogP) is 11.3. The molecule has 1 nitrogen and oxygen atoms in total. The van der Waals surface area contributed by atoms with Gasteiger partial charge in [0.05, 0.1) is 22.5 Å². The Labute approximate surface area is 343 Å². The molecule has 4 heterocycles. The molecule has 9 aromatic rings. The van der Waals surface area contributed by atoms with E-state index < -0.39 is 13.5 Å². The molecule has 0 atom stereocenters.